The minimum atomic E-state index is -4.93. The van der Waals surface area contributed by atoms with Gasteiger partial charge in [-0.1, -0.05) is 24.3 Å². The number of nitrogens with zero attached hydrogens (tertiary/aromatic N) is 8. The fourth-order valence-electron chi connectivity index (χ4n) is 6.28. The molecule has 12 N–H and O–H groups in total. The first-order chi connectivity index (χ1) is 33.4. The SMILES string of the molecule is O=S(O)c1ccc(Nc2nc(Nc3ccc(/C=C/c4ccc(Nc5nc(Nc6ccc(S(=O)(=O)O)cc6)nc(N(CCO)CCO)n5)cc4S(=O)O)c(S(=O)(=O)O)c3)nc(N(CCO)CCO)n2)cc1. The highest BCUT2D eigenvalue weighted by Gasteiger charge is 2.20. The highest BCUT2D eigenvalue weighted by atomic mass is 32.2. The number of benzene rings is 4. The second kappa shape index (κ2) is 23.8. The lowest BCUT2D eigenvalue weighted by molar-refractivity contribution is 0.279. The van der Waals surface area contributed by atoms with Crippen molar-refractivity contribution in [2.24, 2.45) is 0 Å². The van der Waals surface area contributed by atoms with E-state index in [1.165, 1.54) is 88.7 Å². The van der Waals surface area contributed by atoms with Crippen LogP contribution in [-0.2, 0) is 42.4 Å². The van der Waals surface area contributed by atoms with E-state index in [2.05, 4.69) is 51.2 Å². The van der Waals surface area contributed by atoms with E-state index >= 15 is 0 Å². The van der Waals surface area contributed by atoms with Crippen LogP contribution in [0.15, 0.2) is 105 Å². The van der Waals surface area contributed by atoms with E-state index < -0.39 is 47.3 Å². The summed E-state index contributed by atoms with van der Waals surface area (Å²) in [6, 6.07) is 18.8. The van der Waals surface area contributed by atoms with Crippen LogP contribution in [0.1, 0.15) is 11.1 Å². The molecule has 2 aromatic heterocycles. The molecule has 2 unspecified atom stereocenters. The Morgan fingerprint density at radius 3 is 1.27 bits per heavy atom. The van der Waals surface area contributed by atoms with E-state index in [9.17, 15) is 63.9 Å². The van der Waals surface area contributed by atoms with E-state index in [1.54, 1.807) is 0 Å². The predicted octanol–water partition coefficient (Wildman–Crippen LogP) is 2.44. The van der Waals surface area contributed by atoms with E-state index in [0.717, 1.165) is 18.2 Å². The Morgan fingerprint density at radius 2 is 0.871 bits per heavy atom. The maximum Gasteiger partial charge on any atom is 0.295 e. The second-order valence-corrected chi connectivity index (χ2v) is 19.0. The fourth-order valence-corrected chi connectivity index (χ4v) is 8.40. The predicted molar refractivity (Wildman–Crippen MR) is 258 cm³/mol. The van der Waals surface area contributed by atoms with Crippen LogP contribution in [0.5, 0.6) is 0 Å². The van der Waals surface area contributed by atoms with Crippen LogP contribution in [0.3, 0.4) is 0 Å². The first kappa shape index (κ1) is 52.7. The molecule has 0 amide bonds. The molecule has 0 saturated heterocycles. The zero-order valence-electron chi connectivity index (χ0n) is 36.1. The van der Waals surface area contributed by atoms with Crippen LogP contribution < -0.4 is 31.1 Å². The van der Waals surface area contributed by atoms with Crippen molar-refractivity contribution >= 4 is 113 Å². The van der Waals surface area contributed by atoms with E-state index in [-0.39, 0.29) is 125 Å². The van der Waals surface area contributed by atoms with E-state index in [0.29, 0.717) is 11.4 Å². The first-order valence-electron chi connectivity index (χ1n) is 20.2. The smallest absolute Gasteiger partial charge is 0.295 e. The highest BCUT2D eigenvalue weighted by Crippen LogP contribution is 2.29. The molecule has 6 rings (SSSR count). The molecule has 0 aliphatic carbocycles. The Labute approximate surface area is 404 Å². The number of nitrogens with one attached hydrogen (secondary N) is 4. The maximum atomic E-state index is 12.8. The zero-order chi connectivity index (χ0) is 50.6. The van der Waals surface area contributed by atoms with E-state index in [1.807, 2.05) is 0 Å². The zero-order valence-corrected chi connectivity index (χ0v) is 39.4. The first-order valence-corrected chi connectivity index (χ1v) is 25.3. The quantitative estimate of drug-likeness (QED) is 0.0235. The highest BCUT2D eigenvalue weighted by molar-refractivity contribution is 7.86. The Kier molecular flexibility index (Phi) is 17.9. The summed E-state index contributed by atoms with van der Waals surface area (Å²) in [7, 11) is -9.41. The molecule has 372 valence electrons. The number of hydrogen-bond donors (Lipinski definition) is 12. The molecule has 4 aromatic carbocycles. The summed E-state index contributed by atoms with van der Waals surface area (Å²) in [5.41, 5.74) is 1.06. The lowest BCUT2D eigenvalue weighted by Crippen LogP contribution is -2.31. The van der Waals surface area contributed by atoms with E-state index in [4.69, 9.17) is 0 Å². The average Bonchev–Trinajstić information content (AvgIpc) is 3.31. The Balaban J connectivity index is 1.29. The van der Waals surface area contributed by atoms with Crippen LogP contribution in [-0.4, -0.2) is 146 Å². The van der Waals surface area contributed by atoms with Gasteiger partial charge in [0, 0.05) is 48.9 Å². The maximum absolute atomic E-state index is 12.8. The standard InChI is InChI=1S/C40H44N12O14S4/c53-19-15-51(16-20-54)39-48-36(42-28-9-13-32(14-10-28)69(61,62)63)45-37(49-39)43-29-5-3-25(33(23-29)68(59)60)1-2-26-4-6-30(24-34(26)70(64,65)66)44-38-46-35(41-27-7-11-31(12-8-27)67(57)58)47-40(50-38)52(17-21-55)18-22-56/h1-14,23-24,53-56H,15-22H2,(H,57,58)(H,59,60)(H,61,62,63)(H,64,65,66)(H2,41,44,46,47,50)(H2,42,43,45,48,49)/b2-1+. The normalized spacial score (nSPS) is 12.6. The van der Waals surface area contributed by atoms with Crippen molar-refractivity contribution in [2.75, 3.05) is 83.7 Å². The fraction of sp³-hybridized carbons (Fsp3) is 0.200. The molecule has 0 spiro atoms. The van der Waals surface area contributed by atoms with Gasteiger partial charge < -0.3 is 60.6 Å². The summed E-state index contributed by atoms with van der Waals surface area (Å²) in [5, 5.41) is 50.2. The lowest BCUT2D eigenvalue weighted by atomic mass is 10.1. The van der Waals surface area contributed by atoms with Crippen LogP contribution in [0.4, 0.5) is 58.4 Å². The molecular weight excluding hydrogens is 1000 g/mol. The van der Waals surface area contributed by atoms with Gasteiger partial charge in [0.25, 0.3) is 20.2 Å². The molecule has 0 radical (unpaired) electrons. The molecule has 0 aliphatic rings. The molecule has 0 saturated carbocycles. The molecule has 0 aliphatic heterocycles. The third-order valence-electron chi connectivity index (χ3n) is 9.46. The number of aliphatic hydroxyl groups is 4. The lowest BCUT2D eigenvalue weighted by Gasteiger charge is -2.21. The summed E-state index contributed by atoms with van der Waals surface area (Å²) in [4.78, 5) is 28.1. The largest absolute Gasteiger partial charge is 0.395 e. The molecule has 0 fully saturated rings. The van der Waals surface area contributed by atoms with Crippen molar-refractivity contribution in [2.45, 2.75) is 19.6 Å². The minimum Gasteiger partial charge on any atom is -0.395 e. The number of anilines is 10. The average molecular weight is 1050 g/mol. The molecule has 6 aromatic rings. The molecule has 2 heterocycles. The van der Waals surface area contributed by atoms with Crippen LogP contribution >= 0.6 is 0 Å². The number of hydrogen-bond acceptors (Lipinski definition) is 22. The van der Waals surface area contributed by atoms with Gasteiger partial charge in [-0.25, -0.2) is 8.42 Å². The van der Waals surface area contributed by atoms with Gasteiger partial charge in [-0.05, 0) is 83.9 Å². The minimum absolute atomic E-state index is 0.00388. The van der Waals surface area contributed by atoms with Crippen molar-refractivity contribution < 1.29 is 63.9 Å². The third kappa shape index (κ3) is 14.4. The topological polar surface area (TPSA) is 396 Å². The Hall–Kier alpha value is -6.68. The van der Waals surface area contributed by atoms with Crippen molar-refractivity contribution in [1.82, 2.24) is 29.9 Å². The second-order valence-electron chi connectivity index (χ2n) is 14.3. The molecular formula is C40H44N12O14S4. The van der Waals surface area contributed by atoms with Crippen molar-refractivity contribution in [3.63, 3.8) is 0 Å². The number of aliphatic hydroxyl groups excluding tert-OH is 4. The van der Waals surface area contributed by atoms with Gasteiger partial charge in [-0.2, -0.15) is 46.7 Å². The van der Waals surface area contributed by atoms with Gasteiger partial charge >= 0.3 is 0 Å². The summed E-state index contributed by atoms with van der Waals surface area (Å²) < 4.78 is 112. The van der Waals surface area contributed by atoms with Gasteiger partial charge in [0.2, 0.25) is 35.7 Å². The Bertz CT molecular complexity index is 3090. The summed E-state index contributed by atoms with van der Waals surface area (Å²) in [5.74, 6) is -0.406. The van der Waals surface area contributed by atoms with Crippen molar-refractivity contribution in [3.05, 3.63) is 96.1 Å². The van der Waals surface area contributed by atoms with Gasteiger partial charge in [0.1, 0.15) is 4.90 Å². The Morgan fingerprint density at radius 1 is 0.486 bits per heavy atom. The van der Waals surface area contributed by atoms with Crippen LogP contribution in [0.25, 0.3) is 12.2 Å². The summed E-state index contributed by atoms with van der Waals surface area (Å²) in [6.45, 7) is -1.30. The van der Waals surface area contributed by atoms with Gasteiger partial charge in [0.15, 0.2) is 22.2 Å². The summed E-state index contributed by atoms with van der Waals surface area (Å²) >= 11 is -4.86. The van der Waals surface area contributed by atoms with Gasteiger partial charge in [-0.15, -0.1) is 0 Å². The summed E-state index contributed by atoms with van der Waals surface area (Å²) in [6.07, 6.45) is 2.61. The molecule has 0 bridgehead atoms. The number of aromatic nitrogens is 6. The molecule has 70 heavy (non-hydrogen) atoms. The molecule has 2 atom stereocenters. The molecule has 26 nitrogen and oxygen atoms in total. The van der Waals surface area contributed by atoms with Crippen LogP contribution in [0, 0.1) is 0 Å². The molecule has 30 heteroatoms. The van der Waals surface area contributed by atoms with Crippen molar-refractivity contribution in [3.8, 4) is 0 Å². The van der Waals surface area contributed by atoms with Crippen LogP contribution in [0.2, 0.25) is 0 Å². The van der Waals surface area contributed by atoms with Crippen molar-refractivity contribution in [1.29, 1.82) is 0 Å². The monoisotopic (exact) mass is 1040 g/mol. The van der Waals surface area contributed by atoms with Gasteiger partial charge in [0.05, 0.1) is 41.1 Å². The van der Waals surface area contributed by atoms with Gasteiger partial charge in [-0.3, -0.25) is 9.11 Å². The number of rotatable bonds is 24. The third-order valence-corrected chi connectivity index (χ3v) is 12.6.